The van der Waals surface area contributed by atoms with Gasteiger partial charge in [-0.2, -0.15) is 26.3 Å². The minimum Gasteiger partial charge on any atom is -0.293 e. The summed E-state index contributed by atoms with van der Waals surface area (Å²) >= 11 is 0. The summed E-state index contributed by atoms with van der Waals surface area (Å²) in [6.07, 6.45) is -9.70. The molecule has 7 heteroatoms. The zero-order chi connectivity index (χ0) is 19.7. The van der Waals surface area contributed by atoms with Crippen LogP contribution in [-0.4, -0.2) is 11.9 Å². The summed E-state index contributed by atoms with van der Waals surface area (Å²) in [6, 6.07) is 10.1. The first-order valence-corrected chi connectivity index (χ1v) is 7.97. The van der Waals surface area contributed by atoms with Gasteiger partial charge in [-0.3, -0.25) is 4.90 Å². The highest BCUT2D eigenvalue weighted by Gasteiger charge is 2.37. The molecule has 0 saturated carbocycles. The molecule has 0 saturated heterocycles. The maximum absolute atomic E-state index is 13.0. The summed E-state index contributed by atoms with van der Waals surface area (Å²) < 4.78 is 78.3. The van der Waals surface area contributed by atoms with Crippen LogP contribution in [0.5, 0.6) is 0 Å². The van der Waals surface area contributed by atoms with Crippen molar-refractivity contribution in [3.63, 3.8) is 0 Å². The second kappa shape index (κ2) is 7.31. The molecule has 2 aromatic rings. The summed E-state index contributed by atoms with van der Waals surface area (Å²) in [5, 5.41) is 0. The standard InChI is InChI=1S/C19H19F6N/c1-12(14-7-5-4-6-8-14)26(3)13(2)15-9-16(18(20,21)22)11-17(10-15)19(23,24)25/h4-13H,1-3H3/t12?,13-/m0/s1. The van der Waals surface area contributed by atoms with Crippen LogP contribution in [0.3, 0.4) is 0 Å². The van der Waals surface area contributed by atoms with Crippen molar-refractivity contribution in [3.05, 3.63) is 70.8 Å². The zero-order valence-corrected chi connectivity index (χ0v) is 14.5. The number of alkyl halides is 6. The molecule has 0 fully saturated rings. The summed E-state index contributed by atoms with van der Waals surface area (Å²) in [6.45, 7) is 3.44. The first-order chi connectivity index (χ1) is 11.9. The van der Waals surface area contributed by atoms with Crippen molar-refractivity contribution in [2.24, 2.45) is 0 Å². The molecule has 1 unspecified atom stereocenters. The van der Waals surface area contributed by atoms with Gasteiger partial charge >= 0.3 is 12.4 Å². The van der Waals surface area contributed by atoms with E-state index >= 15 is 0 Å². The Morgan fingerprint density at radius 1 is 0.692 bits per heavy atom. The molecule has 0 aromatic heterocycles. The van der Waals surface area contributed by atoms with Crippen molar-refractivity contribution in [2.45, 2.75) is 38.3 Å². The van der Waals surface area contributed by atoms with Gasteiger partial charge < -0.3 is 0 Å². The first kappa shape index (κ1) is 20.3. The monoisotopic (exact) mass is 375 g/mol. The van der Waals surface area contributed by atoms with Gasteiger partial charge in [0.15, 0.2) is 0 Å². The molecule has 0 N–H and O–H groups in total. The van der Waals surface area contributed by atoms with Crippen LogP contribution in [0.15, 0.2) is 48.5 Å². The molecular weight excluding hydrogens is 356 g/mol. The molecule has 2 atom stereocenters. The van der Waals surface area contributed by atoms with E-state index in [-0.39, 0.29) is 17.7 Å². The van der Waals surface area contributed by atoms with Crippen molar-refractivity contribution >= 4 is 0 Å². The Hall–Kier alpha value is -2.02. The van der Waals surface area contributed by atoms with E-state index in [9.17, 15) is 26.3 Å². The molecule has 1 nitrogen and oxygen atoms in total. The molecular formula is C19H19F6N. The Bertz CT molecular complexity index is 704. The van der Waals surface area contributed by atoms with Crippen LogP contribution in [0.4, 0.5) is 26.3 Å². The van der Waals surface area contributed by atoms with E-state index in [2.05, 4.69) is 0 Å². The number of benzene rings is 2. The van der Waals surface area contributed by atoms with E-state index in [4.69, 9.17) is 0 Å². The van der Waals surface area contributed by atoms with Crippen LogP contribution in [0.1, 0.15) is 48.2 Å². The van der Waals surface area contributed by atoms with Gasteiger partial charge in [-0.15, -0.1) is 0 Å². The molecule has 0 aliphatic carbocycles. The third-order valence-corrected chi connectivity index (χ3v) is 4.60. The molecule has 0 spiro atoms. The number of halogens is 6. The second-order valence-corrected chi connectivity index (χ2v) is 6.27. The van der Waals surface area contributed by atoms with Crippen LogP contribution in [0, 0.1) is 0 Å². The highest BCUT2D eigenvalue weighted by molar-refractivity contribution is 5.35. The van der Waals surface area contributed by atoms with E-state index in [1.807, 2.05) is 37.3 Å². The molecule has 0 aliphatic rings. The summed E-state index contributed by atoms with van der Waals surface area (Å²) in [7, 11) is 1.68. The second-order valence-electron chi connectivity index (χ2n) is 6.27. The van der Waals surface area contributed by atoms with Crippen molar-refractivity contribution < 1.29 is 26.3 Å². The van der Waals surface area contributed by atoms with Gasteiger partial charge in [0.2, 0.25) is 0 Å². The Labute approximate surface area is 148 Å². The van der Waals surface area contributed by atoms with Crippen LogP contribution < -0.4 is 0 Å². The molecule has 26 heavy (non-hydrogen) atoms. The lowest BCUT2D eigenvalue weighted by atomic mass is 9.97. The summed E-state index contributed by atoms with van der Waals surface area (Å²) in [4.78, 5) is 1.74. The van der Waals surface area contributed by atoms with Crippen molar-refractivity contribution in [1.29, 1.82) is 0 Å². The smallest absolute Gasteiger partial charge is 0.293 e. The molecule has 2 rings (SSSR count). The number of hydrogen-bond acceptors (Lipinski definition) is 1. The van der Waals surface area contributed by atoms with Crippen LogP contribution in [0.25, 0.3) is 0 Å². The molecule has 2 aromatic carbocycles. The molecule has 0 bridgehead atoms. The average molecular weight is 375 g/mol. The third kappa shape index (κ3) is 4.58. The number of nitrogens with zero attached hydrogens (tertiary/aromatic N) is 1. The summed E-state index contributed by atoms with van der Waals surface area (Å²) in [5.41, 5.74) is -1.70. The Balaban J connectivity index is 2.42. The quantitative estimate of drug-likeness (QED) is 0.553. The molecule has 0 amide bonds. The summed E-state index contributed by atoms with van der Waals surface area (Å²) in [5.74, 6) is 0. The molecule has 0 heterocycles. The van der Waals surface area contributed by atoms with Gasteiger partial charge in [-0.1, -0.05) is 30.3 Å². The van der Waals surface area contributed by atoms with E-state index in [1.54, 1.807) is 18.9 Å². The van der Waals surface area contributed by atoms with Gasteiger partial charge in [0.25, 0.3) is 0 Å². The average Bonchev–Trinajstić information content (AvgIpc) is 2.58. The van der Waals surface area contributed by atoms with Gasteiger partial charge in [-0.05, 0) is 50.2 Å². The maximum atomic E-state index is 13.0. The fourth-order valence-corrected chi connectivity index (χ4v) is 2.76. The first-order valence-electron chi connectivity index (χ1n) is 7.97. The third-order valence-electron chi connectivity index (χ3n) is 4.60. The van der Waals surface area contributed by atoms with Crippen LogP contribution in [0.2, 0.25) is 0 Å². The Kier molecular flexibility index (Phi) is 5.70. The molecule has 142 valence electrons. The lowest BCUT2D eigenvalue weighted by molar-refractivity contribution is -0.143. The van der Waals surface area contributed by atoms with Gasteiger partial charge in [0.05, 0.1) is 11.1 Å². The molecule has 0 aliphatic heterocycles. The number of rotatable bonds is 4. The largest absolute Gasteiger partial charge is 0.416 e. The van der Waals surface area contributed by atoms with Crippen LogP contribution in [-0.2, 0) is 12.4 Å². The van der Waals surface area contributed by atoms with Crippen molar-refractivity contribution in [1.82, 2.24) is 4.90 Å². The van der Waals surface area contributed by atoms with Gasteiger partial charge in [0.1, 0.15) is 0 Å². The van der Waals surface area contributed by atoms with Crippen molar-refractivity contribution in [2.75, 3.05) is 7.05 Å². The van der Waals surface area contributed by atoms with Crippen molar-refractivity contribution in [3.8, 4) is 0 Å². The predicted molar refractivity (Wildman–Crippen MR) is 87.5 cm³/mol. The fourth-order valence-electron chi connectivity index (χ4n) is 2.76. The SMILES string of the molecule is CC(c1ccccc1)N(C)[C@@H](C)c1cc(C(F)(F)F)cc(C(F)(F)F)c1. The highest BCUT2D eigenvalue weighted by Crippen LogP contribution is 2.39. The van der Waals surface area contributed by atoms with E-state index < -0.39 is 29.5 Å². The lowest BCUT2D eigenvalue weighted by Crippen LogP contribution is -2.26. The van der Waals surface area contributed by atoms with E-state index in [0.717, 1.165) is 17.7 Å². The zero-order valence-electron chi connectivity index (χ0n) is 14.5. The predicted octanol–water partition coefficient (Wildman–Crippen LogP) is 6.48. The number of hydrogen-bond donors (Lipinski definition) is 0. The normalized spacial score (nSPS) is 15.2. The maximum Gasteiger partial charge on any atom is 0.416 e. The van der Waals surface area contributed by atoms with Crippen LogP contribution >= 0.6 is 0 Å². The van der Waals surface area contributed by atoms with Gasteiger partial charge in [0, 0.05) is 12.1 Å². The van der Waals surface area contributed by atoms with E-state index in [1.165, 1.54) is 0 Å². The fraction of sp³-hybridized carbons (Fsp3) is 0.368. The lowest BCUT2D eigenvalue weighted by Gasteiger charge is -2.32. The minimum atomic E-state index is -4.85. The molecule has 0 radical (unpaired) electrons. The Morgan fingerprint density at radius 2 is 1.12 bits per heavy atom. The van der Waals surface area contributed by atoms with Gasteiger partial charge in [-0.25, -0.2) is 0 Å². The van der Waals surface area contributed by atoms with E-state index in [0.29, 0.717) is 0 Å². The highest BCUT2D eigenvalue weighted by atomic mass is 19.4. The topological polar surface area (TPSA) is 3.24 Å². The Morgan fingerprint density at radius 3 is 1.54 bits per heavy atom. The minimum absolute atomic E-state index is 0.0302.